The largest absolute Gasteiger partial charge is 0.396 e. The van der Waals surface area contributed by atoms with E-state index in [0.29, 0.717) is 30.7 Å². The van der Waals surface area contributed by atoms with Gasteiger partial charge in [-0.3, -0.25) is 9.69 Å². The van der Waals surface area contributed by atoms with Crippen LogP contribution in [0.4, 0.5) is 0 Å². The average molecular weight is 264 g/mol. The number of H-pyrrole nitrogens is 2. The zero-order chi connectivity index (χ0) is 13.4. The van der Waals surface area contributed by atoms with Gasteiger partial charge in [0.25, 0.3) is 5.56 Å². The van der Waals surface area contributed by atoms with Crippen molar-refractivity contribution < 1.29 is 10.2 Å². The van der Waals surface area contributed by atoms with Gasteiger partial charge in [0.05, 0.1) is 17.9 Å². The quantitative estimate of drug-likeness (QED) is 0.571. The first-order chi connectivity index (χ1) is 9.19. The van der Waals surface area contributed by atoms with Crippen molar-refractivity contribution in [2.75, 3.05) is 19.7 Å². The van der Waals surface area contributed by atoms with E-state index >= 15 is 0 Å². The highest BCUT2D eigenvalue weighted by atomic mass is 16.3. The van der Waals surface area contributed by atoms with Crippen LogP contribution in [-0.4, -0.2) is 55.9 Å². The fraction of sp³-hybridized carbons (Fsp3) is 0.500. The van der Waals surface area contributed by atoms with Crippen LogP contribution in [0.3, 0.4) is 0 Å². The predicted octanol–water partition coefficient (Wildman–Crippen LogP) is -0.964. The first-order valence-corrected chi connectivity index (χ1v) is 6.24. The Morgan fingerprint density at radius 2 is 2.26 bits per heavy atom. The number of nitrogens with zero attached hydrogens (tertiary/aromatic N) is 2. The number of likely N-dealkylation sites (tertiary alicyclic amines) is 1. The fourth-order valence-electron chi connectivity index (χ4n) is 2.62. The molecular weight excluding hydrogens is 248 g/mol. The molecule has 0 bridgehead atoms. The molecule has 0 aliphatic carbocycles. The van der Waals surface area contributed by atoms with Gasteiger partial charge in [0.15, 0.2) is 0 Å². The summed E-state index contributed by atoms with van der Waals surface area (Å²) in [7, 11) is 0. The van der Waals surface area contributed by atoms with E-state index in [1.165, 1.54) is 6.33 Å². The summed E-state index contributed by atoms with van der Waals surface area (Å²) in [6.07, 6.45) is 2.66. The number of nitrogens with one attached hydrogen (secondary N) is 2. The van der Waals surface area contributed by atoms with Crippen LogP contribution in [-0.2, 0) is 6.54 Å². The van der Waals surface area contributed by atoms with Crippen LogP contribution < -0.4 is 5.56 Å². The van der Waals surface area contributed by atoms with Crippen LogP contribution >= 0.6 is 0 Å². The van der Waals surface area contributed by atoms with Gasteiger partial charge in [-0.25, -0.2) is 4.98 Å². The molecule has 0 spiro atoms. The molecule has 4 N–H and O–H groups in total. The lowest BCUT2D eigenvalue weighted by Gasteiger charge is -2.13. The fourth-order valence-corrected chi connectivity index (χ4v) is 2.62. The zero-order valence-corrected chi connectivity index (χ0v) is 10.3. The molecule has 7 heteroatoms. The number of aliphatic hydroxyl groups excluding tert-OH is 2. The van der Waals surface area contributed by atoms with Crippen molar-refractivity contribution in [3.8, 4) is 0 Å². The molecule has 1 unspecified atom stereocenters. The van der Waals surface area contributed by atoms with Gasteiger partial charge in [0, 0.05) is 43.9 Å². The van der Waals surface area contributed by atoms with E-state index in [-0.39, 0.29) is 18.1 Å². The van der Waals surface area contributed by atoms with E-state index in [1.54, 1.807) is 6.20 Å². The van der Waals surface area contributed by atoms with E-state index in [2.05, 4.69) is 19.9 Å². The summed E-state index contributed by atoms with van der Waals surface area (Å²) in [6.45, 7) is 1.77. The smallest absolute Gasteiger partial charge is 0.275 e. The first-order valence-electron chi connectivity index (χ1n) is 6.24. The number of β-amino-alcohol motifs (C(OH)–C–C–N with tert-alkyl or cyclic N) is 1. The third-order valence-electron chi connectivity index (χ3n) is 3.66. The molecule has 0 amide bonds. The minimum atomic E-state index is -0.494. The van der Waals surface area contributed by atoms with Crippen LogP contribution in [0.25, 0.3) is 11.0 Å². The van der Waals surface area contributed by atoms with Gasteiger partial charge in [0.1, 0.15) is 5.52 Å². The number of hydrogen-bond acceptors (Lipinski definition) is 5. The highest BCUT2D eigenvalue weighted by molar-refractivity contribution is 5.77. The van der Waals surface area contributed by atoms with Crippen molar-refractivity contribution in [2.45, 2.75) is 12.6 Å². The maximum Gasteiger partial charge on any atom is 0.275 e. The maximum absolute atomic E-state index is 11.6. The van der Waals surface area contributed by atoms with Crippen LogP contribution in [0, 0.1) is 5.92 Å². The zero-order valence-electron chi connectivity index (χ0n) is 10.3. The van der Waals surface area contributed by atoms with Crippen LogP contribution in [0.2, 0.25) is 0 Å². The van der Waals surface area contributed by atoms with E-state index in [0.717, 1.165) is 5.56 Å². The van der Waals surface area contributed by atoms with E-state index < -0.39 is 6.10 Å². The SMILES string of the molecule is O=c1[nH]cnc2c(CN3CC(CO)[C@@H](O)C3)c[nH]c12. The molecule has 0 aromatic carbocycles. The van der Waals surface area contributed by atoms with Crippen molar-refractivity contribution in [3.05, 3.63) is 28.4 Å². The summed E-state index contributed by atoms with van der Waals surface area (Å²) in [6, 6.07) is 0. The summed E-state index contributed by atoms with van der Waals surface area (Å²) in [5, 5.41) is 18.9. The summed E-state index contributed by atoms with van der Waals surface area (Å²) in [5.74, 6) is -0.0958. The van der Waals surface area contributed by atoms with Crippen molar-refractivity contribution in [3.63, 3.8) is 0 Å². The lowest BCUT2D eigenvalue weighted by Crippen LogP contribution is -2.21. The van der Waals surface area contributed by atoms with E-state index in [9.17, 15) is 9.90 Å². The van der Waals surface area contributed by atoms with Crippen LogP contribution in [0.5, 0.6) is 0 Å². The Balaban J connectivity index is 1.83. The Kier molecular flexibility index (Phi) is 3.09. The molecular formula is C12H16N4O3. The third-order valence-corrected chi connectivity index (χ3v) is 3.66. The second kappa shape index (κ2) is 4.76. The van der Waals surface area contributed by atoms with Gasteiger partial charge in [0.2, 0.25) is 0 Å². The Bertz CT molecular complexity index is 635. The molecule has 2 atom stereocenters. The third kappa shape index (κ3) is 2.16. The minimum Gasteiger partial charge on any atom is -0.396 e. The molecule has 2 aromatic heterocycles. The van der Waals surface area contributed by atoms with Crippen LogP contribution in [0.15, 0.2) is 17.3 Å². The number of fused-ring (bicyclic) bond motifs is 1. The monoisotopic (exact) mass is 264 g/mol. The van der Waals surface area contributed by atoms with E-state index in [4.69, 9.17) is 5.11 Å². The topological polar surface area (TPSA) is 105 Å². The lowest BCUT2D eigenvalue weighted by atomic mass is 10.1. The lowest BCUT2D eigenvalue weighted by molar-refractivity contribution is 0.103. The second-order valence-corrected chi connectivity index (χ2v) is 4.97. The highest BCUT2D eigenvalue weighted by Gasteiger charge is 2.30. The van der Waals surface area contributed by atoms with Crippen LogP contribution in [0.1, 0.15) is 5.56 Å². The molecule has 19 heavy (non-hydrogen) atoms. The summed E-state index contributed by atoms with van der Waals surface area (Å²) < 4.78 is 0. The van der Waals surface area contributed by atoms with Crippen molar-refractivity contribution in [2.24, 2.45) is 5.92 Å². The molecule has 0 saturated carbocycles. The van der Waals surface area contributed by atoms with Gasteiger partial charge in [-0.15, -0.1) is 0 Å². The van der Waals surface area contributed by atoms with Crippen molar-refractivity contribution >= 4 is 11.0 Å². The van der Waals surface area contributed by atoms with Gasteiger partial charge >= 0.3 is 0 Å². The summed E-state index contributed by atoms with van der Waals surface area (Å²) in [5.41, 5.74) is 1.86. The summed E-state index contributed by atoms with van der Waals surface area (Å²) in [4.78, 5) is 23.2. The molecule has 7 nitrogen and oxygen atoms in total. The average Bonchev–Trinajstić information content (AvgIpc) is 2.95. The van der Waals surface area contributed by atoms with E-state index in [1.807, 2.05) is 0 Å². The normalized spacial score (nSPS) is 24.3. The Morgan fingerprint density at radius 3 is 3.00 bits per heavy atom. The predicted molar refractivity (Wildman–Crippen MR) is 68.6 cm³/mol. The number of aromatic amines is 2. The number of aliphatic hydroxyl groups is 2. The molecule has 3 rings (SSSR count). The number of hydrogen-bond donors (Lipinski definition) is 4. The maximum atomic E-state index is 11.6. The molecule has 1 saturated heterocycles. The molecule has 102 valence electrons. The van der Waals surface area contributed by atoms with Gasteiger partial charge in [-0.2, -0.15) is 0 Å². The van der Waals surface area contributed by atoms with Crippen molar-refractivity contribution in [1.29, 1.82) is 0 Å². The Morgan fingerprint density at radius 1 is 1.42 bits per heavy atom. The molecule has 1 fully saturated rings. The standard InChI is InChI=1S/C12H16N4O3/c17-5-8-3-16(4-9(8)18)2-7-1-13-11-10(7)14-6-15-12(11)19/h1,6,8-9,13,17-18H,2-5H2,(H,14,15,19)/t8?,9-/m0/s1. The highest BCUT2D eigenvalue weighted by Crippen LogP contribution is 2.21. The molecule has 3 heterocycles. The minimum absolute atomic E-state index is 0.0104. The van der Waals surface area contributed by atoms with Gasteiger partial charge in [-0.05, 0) is 0 Å². The Labute approximate surface area is 108 Å². The van der Waals surface area contributed by atoms with Crippen molar-refractivity contribution in [1.82, 2.24) is 19.9 Å². The second-order valence-electron chi connectivity index (χ2n) is 4.97. The first kappa shape index (κ1) is 12.3. The van der Waals surface area contributed by atoms with Gasteiger partial charge in [-0.1, -0.05) is 0 Å². The summed E-state index contributed by atoms with van der Waals surface area (Å²) >= 11 is 0. The Hall–Kier alpha value is -1.70. The number of aromatic nitrogens is 3. The molecule has 1 aliphatic heterocycles. The molecule has 0 radical (unpaired) electrons. The molecule has 2 aromatic rings. The molecule has 1 aliphatic rings. The number of rotatable bonds is 3. The van der Waals surface area contributed by atoms with Gasteiger partial charge < -0.3 is 20.2 Å².